The standard InChI is InChI=1S/C13H18ClN2O3PS/c1-9(2)20(14,15-10(3)11(4)17)21-13-7-5-12(6-8-13)16(18)19/h5-8,10,15H,1-4H3/t10-,20?/m0/s1. The number of nitro groups is 1. The summed E-state index contributed by atoms with van der Waals surface area (Å²) in [6.45, 7) is 7.12. The second-order valence-electron chi connectivity index (χ2n) is 4.78. The van der Waals surface area contributed by atoms with E-state index in [0.717, 1.165) is 10.2 Å². The molecular formula is C13H18ClN2O3PS. The summed E-state index contributed by atoms with van der Waals surface area (Å²) in [5, 5.41) is 14.8. The van der Waals surface area contributed by atoms with E-state index in [1.807, 2.05) is 13.8 Å². The van der Waals surface area contributed by atoms with E-state index in [4.69, 9.17) is 11.2 Å². The number of benzene rings is 1. The minimum absolute atomic E-state index is 0.0191. The number of ketones is 1. The molecule has 0 amide bonds. The van der Waals surface area contributed by atoms with Gasteiger partial charge in [0, 0.05) is 17.0 Å². The zero-order valence-corrected chi connectivity index (χ0v) is 14.8. The lowest BCUT2D eigenvalue weighted by molar-refractivity contribution is -0.384. The molecule has 0 spiro atoms. The number of rotatable bonds is 6. The topological polar surface area (TPSA) is 72.2 Å². The monoisotopic (exact) mass is 348 g/mol. The van der Waals surface area contributed by atoms with E-state index in [9.17, 15) is 14.9 Å². The summed E-state index contributed by atoms with van der Waals surface area (Å²) in [7, 11) is 0. The predicted molar refractivity (Wildman–Crippen MR) is 91.4 cm³/mol. The third-order valence-corrected chi connectivity index (χ3v) is 10.2. The summed E-state index contributed by atoms with van der Waals surface area (Å²) in [5.74, 6) is 0.0191. The van der Waals surface area contributed by atoms with Crippen LogP contribution in [-0.2, 0) is 4.79 Å². The number of nitrogens with zero attached hydrogens (tertiary/aromatic N) is 1. The zero-order chi connectivity index (χ0) is 16.2. The van der Waals surface area contributed by atoms with E-state index in [0.29, 0.717) is 0 Å². The van der Waals surface area contributed by atoms with Crippen LogP contribution in [0.4, 0.5) is 5.69 Å². The predicted octanol–water partition coefficient (Wildman–Crippen LogP) is 4.47. The maximum Gasteiger partial charge on any atom is 0.269 e. The molecule has 0 saturated heterocycles. The van der Waals surface area contributed by atoms with Crippen molar-refractivity contribution in [2.24, 2.45) is 0 Å². The molecule has 0 radical (unpaired) electrons. The zero-order valence-electron chi connectivity index (χ0n) is 12.3. The molecule has 1 aromatic rings. The Morgan fingerprint density at radius 1 is 1.33 bits per heavy atom. The second-order valence-corrected chi connectivity index (χ2v) is 12.0. The average Bonchev–Trinajstić information content (AvgIpc) is 2.38. The van der Waals surface area contributed by atoms with Gasteiger partial charge in [-0.2, -0.15) is 0 Å². The molecule has 1 aromatic carbocycles. The van der Waals surface area contributed by atoms with Crippen LogP contribution in [0.2, 0.25) is 0 Å². The molecule has 116 valence electrons. The number of hydrogen-bond donors (Lipinski definition) is 1. The molecular weight excluding hydrogens is 331 g/mol. The molecule has 0 aromatic heterocycles. The SMILES string of the molecule is CC(=O)[C@H](C)NP(Cl)(Sc1ccc([N+](=O)[O-])cc1)=C(C)C. The first-order valence-corrected chi connectivity index (χ1v) is 10.4. The van der Waals surface area contributed by atoms with Crippen molar-refractivity contribution in [1.29, 1.82) is 0 Å². The van der Waals surface area contributed by atoms with Crippen molar-refractivity contribution in [2.45, 2.75) is 38.6 Å². The quantitative estimate of drug-likeness (QED) is 0.466. The summed E-state index contributed by atoms with van der Waals surface area (Å²) >= 11 is 8.11. The van der Waals surface area contributed by atoms with Crippen molar-refractivity contribution >= 4 is 45.0 Å². The van der Waals surface area contributed by atoms with Crippen LogP contribution in [0.25, 0.3) is 0 Å². The molecule has 0 aliphatic rings. The number of non-ortho nitro benzene ring substituents is 1. The minimum Gasteiger partial charge on any atom is -0.298 e. The smallest absolute Gasteiger partial charge is 0.269 e. The van der Waals surface area contributed by atoms with Gasteiger partial charge in [-0.25, -0.2) is 0 Å². The summed E-state index contributed by atoms with van der Waals surface area (Å²) in [5.41, 5.74) is -2.21. The molecule has 21 heavy (non-hydrogen) atoms. The van der Waals surface area contributed by atoms with E-state index < -0.39 is 10.5 Å². The molecule has 0 saturated carbocycles. The largest absolute Gasteiger partial charge is 0.298 e. The highest BCUT2D eigenvalue weighted by Gasteiger charge is 2.22. The molecule has 0 bridgehead atoms. The van der Waals surface area contributed by atoms with Crippen LogP contribution in [-0.4, -0.2) is 22.0 Å². The van der Waals surface area contributed by atoms with Crippen LogP contribution in [0.5, 0.6) is 0 Å². The molecule has 8 heteroatoms. The third kappa shape index (κ3) is 5.15. The Morgan fingerprint density at radius 3 is 2.24 bits per heavy atom. The Labute approximate surface area is 133 Å². The summed E-state index contributed by atoms with van der Waals surface area (Å²) in [4.78, 5) is 22.5. The number of carbonyl (C=O) groups excluding carboxylic acids is 1. The van der Waals surface area contributed by atoms with Gasteiger partial charge in [0.05, 0.1) is 16.6 Å². The molecule has 1 N–H and O–H groups in total. The van der Waals surface area contributed by atoms with Gasteiger partial charge >= 0.3 is 0 Å². The van der Waals surface area contributed by atoms with Gasteiger partial charge in [0.2, 0.25) is 0 Å². The molecule has 2 atom stereocenters. The van der Waals surface area contributed by atoms with Crippen molar-refractivity contribution < 1.29 is 9.72 Å². The van der Waals surface area contributed by atoms with Crippen molar-refractivity contribution in [1.82, 2.24) is 5.09 Å². The number of hydrogen-bond acceptors (Lipinski definition) is 5. The van der Waals surface area contributed by atoms with Gasteiger partial charge in [-0.05, 0) is 45.1 Å². The van der Waals surface area contributed by atoms with Gasteiger partial charge < -0.3 is 0 Å². The molecule has 0 aliphatic heterocycles. The van der Waals surface area contributed by atoms with Crippen LogP contribution in [0.3, 0.4) is 0 Å². The van der Waals surface area contributed by atoms with Gasteiger partial charge in [-0.15, -0.1) is 0 Å². The first-order chi connectivity index (χ1) is 9.65. The lowest BCUT2D eigenvalue weighted by atomic mass is 10.3. The number of nitro benzene ring substituents is 1. The number of carbonyl (C=O) groups is 1. The first kappa shape index (κ1) is 18.2. The fourth-order valence-corrected chi connectivity index (χ4v) is 6.66. The number of nitrogens with one attached hydrogen (secondary N) is 1. The number of Topliss-reactive ketones (excluding diaryl/α,β-unsaturated/α-hetero) is 1. The summed E-state index contributed by atoms with van der Waals surface area (Å²) in [6.07, 6.45) is 0. The maximum atomic E-state index is 11.4. The molecule has 0 heterocycles. The average molecular weight is 349 g/mol. The normalized spacial score (nSPS) is 15.1. The van der Waals surface area contributed by atoms with E-state index >= 15 is 0 Å². The Balaban J connectivity index is 3.01. The van der Waals surface area contributed by atoms with Crippen molar-refractivity contribution in [3.8, 4) is 0 Å². The van der Waals surface area contributed by atoms with Crippen molar-refractivity contribution in [3.05, 3.63) is 34.4 Å². The lowest BCUT2D eigenvalue weighted by Gasteiger charge is -2.25. The van der Waals surface area contributed by atoms with Gasteiger partial charge in [-0.3, -0.25) is 20.0 Å². The highest BCUT2D eigenvalue weighted by molar-refractivity contribution is 8.68. The number of halogens is 1. The van der Waals surface area contributed by atoms with Crippen molar-refractivity contribution in [3.63, 3.8) is 0 Å². The van der Waals surface area contributed by atoms with E-state index in [1.54, 1.807) is 19.1 Å². The lowest BCUT2D eigenvalue weighted by Crippen LogP contribution is -2.28. The molecule has 1 unspecified atom stereocenters. The summed E-state index contributed by atoms with van der Waals surface area (Å²) in [6, 6.07) is 5.90. The van der Waals surface area contributed by atoms with Gasteiger partial charge in [-0.1, -0.05) is 22.6 Å². The van der Waals surface area contributed by atoms with Gasteiger partial charge in [0.1, 0.15) is 5.78 Å². The molecule has 1 rings (SSSR count). The van der Waals surface area contributed by atoms with E-state index in [1.165, 1.54) is 30.4 Å². The third-order valence-electron chi connectivity index (χ3n) is 2.82. The highest BCUT2D eigenvalue weighted by Crippen LogP contribution is 2.65. The van der Waals surface area contributed by atoms with Crippen LogP contribution >= 0.6 is 28.2 Å². The van der Waals surface area contributed by atoms with Crippen LogP contribution in [0.1, 0.15) is 27.7 Å². The van der Waals surface area contributed by atoms with Gasteiger partial charge in [0.15, 0.2) is 0 Å². The van der Waals surface area contributed by atoms with E-state index in [-0.39, 0.29) is 17.5 Å². The second kappa shape index (κ2) is 7.45. The minimum atomic E-state index is -2.25. The van der Waals surface area contributed by atoms with Crippen LogP contribution in [0, 0.1) is 10.1 Å². The summed E-state index contributed by atoms with van der Waals surface area (Å²) < 4.78 is 0. The molecule has 0 aliphatic carbocycles. The fraction of sp³-hybridized carbons (Fsp3) is 0.385. The highest BCUT2D eigenvalue weighted by atomic mass is 35.7. The van der Waals surface area contributed by atoms with Crippen LogP contribution < -0.4 is 5.09 Å². The molecule has 5 nitrogen and oxygen atoms in total. The fourth-order valence-electron chi connectivity index (χ4n) is 1.36. The first-order valence-electron chi connectivity index (χ1n) is 6.27. The van der Waals surface area contributed by atoms with Crippen LogP contribution in [0.15, 0.2) is 29.2 Å². The Morgan fingerprint density at radius 2 is 1.86 bits per heavy atom. The maximum absolute atomic E-state index is 11.4. The molecule has 0 fully saturated rings. The Kier molecular flexibility index (Phi) is 6.47. The Bertz CT molecular complexity index is 600. The van der Waals surface area contributed by atoms with E-state index in [2.05, 4.69) is 5.09 Å². The Hall–Kier alpha value is -0.810. The van der Waals surface area contributed by atoms with Crippen molar-refractivity contribution in [2.75, 3.05) is 0 Å². The van der Waals surface area contributed by atoms with Gasteiger partial charge in [0.25, 0.3) is 5.69 Å².